The van der Waals surface area contributed by atoms with Crippen LogP contribution in [0.2, 0.25) is 0 Å². The Bertz CT molecular complexity index is 602. The average Bonchev–Trinajstić information content (AvgIpc) is 2.94. The molecule has 1 N–H and O–H groups in total. The molecule has 0 radical (unpaired) electrons. The van der Waals surface area contributed by atoms with Gasteiger partial charge in [0.15, 0.2) is 0 Å². The maximum absolute atomic E-state index is 12.1. The quantitative estimate of drug-likeness (QED) is 0.824. The number of hydrogen-bond acceptors (Lipinski definition) is 3. The molecule has 0 bridgehead atoms. The van der Waals surface area contributed by atoms with Gasteiger partial charge < -0.3 is 5.32 Å². The van der Waals surface area contributed by atoms with Gasteiger partial charge in [-0.2, -0.15) is 0 Å². The van der Waals surface area contributed by atoms with Crippen molar-refractivity contribution in [1.82, 2.24) is 0 Å². The smallest absolute Gasteiger partial charge is 0.228 e. The van der Waals surface area contributed by atoms with Crippen LogP contribution in [0.25, 0.3) is 0 Å². The molecule has 0 unspecified atom stereocenters. The van der Waals surface area contributed by atoms with Gasteiger partial charge in [-0.15, -0.1) is 11.3 Å². The van der Waals surface area contributed by atoms with E-state index in [4.69, 9.17) is 0 Å². The molecule has 1 aromatic carbocycles. The summed E-state index contributed by atoms with van der Waals surface area (Å²) in [4.78, 5) is 24.0. The maximum Gasteiger partial charge on any atom is 0.228 e. The van der Waals surface area contributed by atoms with Crippen molar-refractivity contribution in [3.05, 3.63) is 51.7 Å². The first-order chi connectivity index (χ1) is 8.24. The van der Waals surface area contributed by atoms with Crippen LogP contribution in [0.5, 0.6) is 0 Å². The highest BCUT2D eigenvalue weighted by atomic mass is 32.1. The fourth-order valence-corrected chi connectivity index (χ4v) is 2.59. The number of thiophene rings is 1. The summed E-state index contributed by atoms with van der Waals surface area (Å²) in [6, 6.07) is 9.03. The molecule has 1 aliphatic heterocycles. The molecular weight excluding hydrogens is 234 g/mol. The minimum atomic E-state index is -0.0132. The Morgan fingerprint density at radius 2 is 2.18 bits per heavy atom. The first-order valence-corrected chi connectivity index (χ1v) is 6.13. The molecule has 1 aliphatic rings. The maximum atomic E-state index is 12.1. The van der Waals surface area contributed by atoms with E-state index in [-0.39, 0.29) is 11.7 Å². The molecule has 84 valence electrons. The summed E-state index contributed by atoms with van der Waals surface area (Å²) < 4.78 is 0. The van der Waals surface area contributed by atoms with Gasteiger partial charge in [0, 0.05) is 11.3 Å². The number of carbonyl (C=O) groups is 2. The zero-order valence-electron chi connectivity index (χ0n) is 8.90. The van der Waals surface area contributed by atoms with Crippen LogP contribution >= 0.6 is 11.3 Å². The molecule has 1 amide bonds. The number of rotatable bonds is 2. The van der Waals surface area contributed by atoms with Crippen LogP contribution in [0.4, 0.5) is 5.69 Å². The zero-order chi connectivity index (χ0) is 11.8. The first-order valence-electron chi connectivity index (χ1n) is 5.25. The lowest BCUT2D eigenvalue weighted by Gasteiger charge is -2.02. The summed E-state index contributed by atoms with van der Waals surface area (Å²) in [5.41, 5.74) is 2.34. The molecule has 0 fully saturated rings. The Labute approximate surface area is 102 Å². The van der Waals surface area contributed by atoms with Crippen LogP contribution < -0.4 is 5.32 Å². The van der Waals surface area contributed by atoms with Crippen LogP contribution in [0.3, 0.4) is 0 Å². The van der Waals surface area contributed by atoms with E-state index in [9.17, 15) is 9.59 Å². The van der Waals surface area contributed by atoms with Crippen LogP contribution in [0, 0.1) is 0 Å². The zero-order valence-corrected chi connectivity index (χ0v) is 9.71. The standard InChI is InChI=1S/C13H9NO2S/c15-12-7-8-3-4-9(6-10(8)14-12)13(16)11-2-1-5-17-11/h1-6H,7H2,(H,14,15). The molecule has 3 rings (SSSR count). The number of anilines is 1. The third-order valence-corrected chi connectivity index (χ3v) is 3.61. The minimum absolute atomic E-state index is 0.00366. The van der Waals surface area contributed by atoms with Gasteiger partial charge in [0.2, 0.25) is 11.7 Å². The molecular formula is C13H9NO2S. The monoisotopic (exact) mass is 243 g/mol. The van der Waals surface area contributed by atoms with Crippen molar-refractivity contribution in [3.63, 3.8) is 0 Å². The van der Waals surface area contributed by atoms with Gasteiger partial charge in [-0.05, 0) is 23.1 Å². The topological polar surface area (TPSA) is 46.2 Å². The van der Waals surface area contributed by atoms with Gasteiger partial charge in [0.1, 0.15) is 0 Å². The van der Waals surface area contributed by atoms with E-state index in [0.717, 1.165) is 11.3 Å². The normalized spacial score (nSPS) is 13.3. The van der Waals surface area contributed by atoms with Crippen LogP contribution in [-0.2, 0) is 11.2 Å². The second-order valence-electron chi connectivity index (χ2n) is 3.90. The Kier molecular flexibility index (Phi) is 2.30. The van der Waals surface area contributed by atoms with Crippen LogP contribution in [0.1, 0.15) is 20.8 Å². The van der Waals surface area contributed by atoms with Crippen LogP contribution in [0.15, 0.2) is 35.7 Å². The third kappa shape index (κ3) is 1.76. The van der Waals surface area contributed by atoms with Crippen molar-refractivity contribution in [3.8, 4) is 0 Å². The molecule has 4 heteroatoms. The predicted octanol–water partition coefficient (Wildman–Crippen LogP) is 2.47. The van der Waals surface area contributed by atoms with Crippen molar-refractivity contribution in [2.24, 2.45) is 0 Å². The largest absolute Gasteiger partial charge is 0.326 e. The number of ketones is 1. The Balaban J connectivity index is 1.98. The Morgan fingerprint density at radius 3 is 2.94 bits per heavy atom. The summed E-state index contributed by atoms with van der Waals surface area (Å²) in [6.07, 6.45) is 0.406. The predicted molar refractivity (Wildman–Crippen MR) is 66.5 cm³/mol. The Hall–Kier alpha value is -1.94. The summed E-state index contributed by atoms with van der Waals surface area (Å²) >= 11 is 1.42. The number of fused-ring (bicyclic) bond motifs is 1. The molecule has 2 heterocycles. The van der Waals surface area contributed by atoms with E-state index in [2.05, 4.69) is 5.32 Å². The lowest BCUT2D eigenvalue weighted by atomic mass is 10.1. The Morgan fingerprint density at radius 1 is 1.29 bits per heavy atom. The third-order valence-electron chi connectivity index (χ3n) is 2.74. The van der Waals surface area contributed by atoms with E-state index in [1.807, 2.05) is 17.5 Å². The highest BCUT2D eigenvalue weighted by molar-refractivity contribution is 7.12. The molecule has 0 atom stereocenters. The highest BCUT2D eigenvalue weighted by Crippen LogP contribution is 2.25. The molecule has 3 nitrogen and oxygen atoms in total. The van der Waals surface area contributed by atoms with Crippen molar-refractivity contribution < 1.29 is 9.59 Å². The van der Waals surface area contributed by atoms with Gasteiger partial charge in [0.25, 0.3) is 0 Å². The van der Waals surface area contributed by atoms with E-state index >= 15 is 0 Å². The van der Waals surface area contributed by atoms with E-state index in [1.54, 1.807) is 18.2 Å². The number of benzene rings is 1. The molecule has 0 aliphatic carbocycles. The SMILES string of the molecule is O=C1Cc2ccc(C(=O)c3cccs3)cc2N1. The van der Waals surface area contributed by atoms with Crippen LogP contribution in [-0.4, -0.2) is 11.7 Å². The van der Waals surface area contributed by atoms with Gasteiger partial charge >= 0.3 is 0 Å². The van der Waals surface area contributed by atoms with Crippen molar-refractivity contribution in [2.75, 3.05) is 5.32 Å². The molecule has 2 aromatic rings. The van der Waals surface area contributed by atoms with E-state index in [0.29, 0.717) is 16.9 Å². The van der Waals surface area contributed by atoms with Gasteiger partial charge in [-0.1, -0.05) is 18.2 Å². The van der Waals surface area contributed by atoms with Gasteiger partial charge in [-0.25, -0.2) is 0 Å². The average molecular weight is 243 g/mol. The van der Waals surface area contributed by atoms with Crippen molar-refractivity contribution >= 4 is 28.7 Å². The summed E-state index contributed by atoms with van der Waals surface area (Å²) in [6.45, 7) is 0. The van der Waals surface area contributed by atoms with Gasteiger partial charge in [0.05, 0.1) is 11.3 Å². The lowest BCUT2D eigenvalue weighted by molar-refractivity contribution is -0.115. The van der Waals surface area contributed by atoms with E-state index < -0.39 is 0 Å². The molecule has 0 saturated carbocycles. The number of carbonyl (C=O) groups excluding carboxylic acids is 2. The fraction of sp³-hybridized carbons (Fsp3) is 0.0769. The second-order valence-corrected chi connectivity index (χ2v) is 4.85. The molecule has 0 saturated heterocycles. The summed E-state index contributed by atoms with van der Waals surface area (Å²) in [5.74, 6) is -0.00956. The summed E-state index contributed by atoms with van der Waals surface area (Å²) in [5, 5.41) is 4.63. The lowest BCUT2D eigenvalue weighted by Crippen LogP contribution is -2.04. The molecule has 17 heavy (non-hydrogen) atoms. The molecule has 1 aromatic heterocycles. The molecule has 0 spiro atoms. The van der Waals surface area contributed by atoms with Crippen molar-refractivity contribution in [2.45, 2.75) is 6.42 Å². The minimum Gasteiger partial charge on any atom is -0.326 e. The number of hydrogen-bond donors (Lipinski definition) is 1. The first kappa shape index (κ1) is 10.2. The number of nitrogens with one attached hydrogen (secondary N) is 1. The fourth-order valence-electron chi connectivity index (χ4n) is 1.91. The highest BCUT2D eigenvalue weighted by Gasteiger charge is 2.19. The number of amides is 1. The summed E-state index contributed by atoms with van der Waals surface area (Å²) in [7, 11) is 0. The second kappa shape index (κ2) is 3.82. The van der Waals surface area contributed by atoms with Crippen molar-refractivity contribution in [1.29, 1.82) is 0 Å². The van der Waals surface area contributed by atoms with Gasteiger partial charge in [-0.3, -0.25) is 9.59 Å². The van der Waals surface area contributed by atoms with E-state index in [1.165, 1.54) is 11.3 Å².